The first-order valence-electron chi connectivity index (χ1n) is 5.26. The van der Waals surface area contributed by atoms with Crippen molar-refractivity contribution in [2.24, 2.45) is 5.73 Å². The summed E-state index contributed by atoms with van der Waals surface area (Å²) in [7, 11) is 0. The van der Waals surface area contributed by atoms with E-state index >= 15 is 0 Å². The lowest BCUT2D eigenvalue weighted by Crippen LogP contribution is -2.41. The van der Waals surface area contributed by atoms with Crippen molar-refractivity contribution in [3.05, 3.63) is 35.9 Å². The molecule has 0 bridgehead atoms. The molecule has 0 radical (unpaired) electrons. The van der Waals surface area contributed by atoms with Crippen molar-refractivity contribution in [3.63, 3.8) is 0 Å². The predicted molar refractivity (Wildman–Crippen MR) is 68.5 cm³/mol. The average molecular weight is 243 g/mol. The minimum absolute atomic E-state index is 0. The number of nitrogens with one attached hydrogen (secondary N) is 1. The molecular formula is C12H19ClN2O. The zero-order valence-corrected chi connectivity index (χ0v) is 10.5. The number of nitrogens with two attached hydrogens (primary N) is 1. The van der Waals surface area contributed by atoms with E-state index in [4.69, 9.17) is 5.73 Å². The molecule has 2 atom stereocenters. The molecule has 1 unspecified atom stereocenters. The van der Waals surface area contributed by atoms with Crippen LogP contribution in [0.5, 0.6) is 0 Å². The summed E-state index contributed by atoms with van der Waals surface area (Å²) in [5, 5.41) is 2.88. The van der Waals surface area contributed by atoms with E-state index in [1.807, 2.05) is 44.2 Å². The van der Waals surface area contributed by atoms with Gasteiger partial charge >= 0.3 is 0 Å². The molecule has 1 aromatic carbocycles. The Morgan fingerprint density at radius 3 is 2.44 bits per heavy atom. The van der Waals surface area contributed by atoms with Gasteiger partial charge in [-0.15, -0.1) is 12.4 Å². The van der Waals surface area contributed by atoms with E-state index < -0.39 is 6.04 Å². The van der Waals surface area contributed by atoms with E-state index in [9.17, 15) is 4.79 Å². The van der Waals surface area contributed by atoms with Gasteiger partial charge in [0.25, 0.3) is 0 Å². The third kappa shape index (κ3) is 4.21. The van der Waals surface area contributed by atoms with Gasteiger partial charge in [-0.1, -0.05) is 37.3 Å². The SMILES string of the molecule is CC[C@H](N)C(=O)NC(C)c1ccccc1.Cl. The molecule has 0 aliphatic rings. The molecule has 1 aromatic rings. The van der Waals surface area contributed by atoms with Crippen molar-refractivity contribution in [2.45, 2.75) is 32.4 Å². The van der Waals surface area contributed by atoms with Crippen molar-refractivity contribution >= 4 is 18.3 Å². The molecule has 1 rings (SSSR count). The van der Waals surface area contributed by atoms with E-state index in [-0.39, 0.29) is 24.4 Å². The fraction of sp³-hybridized carbons (Fsp3) is 0.417. The zero-order valence-electron chi connectivity index (χ0n) is 9.64. The molecule has 1 amide bonds. The Kier molecular flexibility index (Phi) is 6.77. The van der Waals surface area contributed by atoms with Crippen LogP contribution < -0.4 is 11.1 Å². The minimum atomic E-state index is -0.406. The van der Waals surface area contributed by atoms with Crippen molar-refractivity contribution in [1.82, 2.24) is 5.32 Å². The molecule has 0 aliphatic heterocycles. The number of carbonyl (C=O) groups excluding carboxylic acids is 1. The number of carbonyl (C=O) groups is 1. The smallest absolute Gasteiger partial charge is 0.237 e. The highest BCUT2D eigenvalue weighted by Gasteiger charge is 2.14. The van der Waals surface area contributed by atoms with Crippen molar-refractivity contribution in [2.75, 3.05) is 0 Å². The van der Waals surface area contributed by atoms with Crippen LogP contribution in [0.4, 0.5) is 0 Å². The molecule has 4 heteroatoms. The van der Waals surface area contributed by atoms with Gasteiger partial charge in [0.05, 0.1) is 12.1 Å². The number of benzene rings is 1. The fourth-order valence-corrected chi connectivity index (χ4v) is 1.33. The summed E-state index contributed by atoms with van der Waals surface area (Å²) in [5.74, 6) is -0.0890. The van der Waals surface area contributed by atoms with Crippen LogP contribution in [-0.2, 0) is 4.79 Å². The van der Waals surface area contributed by atoms with Gasteiger partial charge in [0, 0.05) is 0 Å². The van der Waals surface area contributed by atoms with Gasteiger partial charge in [0.15, 0.2) is 0 Å². The topological polar surface area (TPSA) is 55.1 Å². The van der Waals surface area contributed by atoms with E-state index in [1.165, 1.54) is 0 Å². The Labute approximate surface area is 103 Å². The lowest BCUT2D eigenvalue weighted by molar-refractivity contribution is -0.123. The predicted octanol–water partition coefficient (Wildman–Crippen LogP) is 2.02. The maximum atomic E-state index is 11.5. The maximum absolute atomic E-state index is 11.5. The molecule has 90 valence electrons. The van der Waals surface area contributed by atoms with Gasteiger partial charge < -0.3 is 11.1 Å². The van der Waals surface area contributed by atoms with Gasteiger partial charge in [0.2, 0.25) is 5.91 Å². The molecular weight excluding hydrogens is 224 g/mol. The van der Waals surface area contributed by atoms with Crippen LogP contribution in [0.15, 0.2) is 30.3 Å². The molecule has 16 heavy (non-hydrogen) atoms. The number of rotatable bonds is 4. The summed E-state index contributed by atoms with van der Waals surface area (Å²) in [6, 6.07) is 9.45. The molecule has 0 aromatic heterocycles. The van der Waals surface area contributed by atoms with Gasteiger partial charge in [-0.05, 0) is 18.9 Å². The van der Waals surface area contributed by atoms with Crippen LogP contribution in [0.25, 0.3) is 0 Å². The summed E-state index contributed by atoms with van der Waals surface area (Å²) in [6.07, 6.45) is 0.660. The van der Waals surface area contributed by atoms with Crippen molar-refractivity contribution in [3.8, 4) is 0 Å². The molecule has 0 saturated heterocycles. The quantitative estimate of drug-likeness (QED) is 0.849. The number of amides is 1. The van der Waals surface area contributed by atoms with E-state index in [2.05, 4.69) is 5.32 Å². The number of halogens is 1. The Morgan fingerprint density at radius 1 is 1.38 bits per heavy atom. The summed E-state index contributed by atoms with van der Waals surface area (Å²) < 4.78 is 0. The minimum Gasteiger partial charge on any atom is -0.348 e. The summed E-state index contributed by atoms with van der Waals surface area (Å²) in [5.41, 5.74) is 6.72. The first-order chi connectivity index (χ1) is 7.15. The van der Waals surface area contributed by atoms with Crippen LogP contribution >= 0.6 is 12.4 Å². The normalized spacial score (nSPS) is 13.4. The fourth-order valence-electron chi connectivity index (χ4n) is 1.33. The third-order valence-corrected chi connectivity index (χ3v) is 2.43. The van der Waals surface area contributed by atoms with Crippen molar-refractivity contribution < 1.29 is 4.79 Å². The lowest BCUT2D eigenvalue weighted by atomic mass is 10.1. The Bertz CT molecular complexity index is 316. The standard InChI is InChI=1S/C12H18N2O.ClH/c1-3-11(13)12(15)14-9(2)10-7-5-4-6-8-10;/h4-9,11H,3,13H2,1-2H3,(H,14,15);1H/t9?,11-;/m0./s1. The summed E-state index contributed by atoms with van der Waals surface area (Å²) in [6.45, 7) is 3.85. The number of hydrogen-bond donors (Lipinski definition) is 2. The lowest BCUT2D eigenvalue weighted by Gasteiger charge is -2.16. The molecule has 3 N–H and O–H groups in total. The first kappa shape index (κ1) is 14.9. The Hall–Kier alpha value is -1.06. The van der Waals surface area contributed by atoms with Gasteiger partial charge in [-0.25, -0.2) is 0 Å². The zero-order chi connectivity index (χ0) is 11.3. The van der Waals surface area contributed by atoms with E-state index in [0.29, 0.717) is 6.42 Å². The van der Waals surface area contributed by atoms with Crippen molar-refractivity contribution in [1.29, 1.82) is 0 Å². The van der Waals surface area contributed by atoms with Gasteiger partial charge in [0.1, 0.15) is 0 Å². The maximum Gasteiger partial charge on any atom is 0.237 e. The average Bonchev–Trinajstić information content (AvgIpc) is 2.29. The largest absolute Gasteiger partial charge is 0.348 e. The van der Waals surface area contributed by atoms with Crippen LogP contribution in [-0.4, -0.2) is 11.9 Å². The summed E-state index contributed by atoms with van der Waals surface area (Å²) in [4.78, 5) is 11.5. The van der Waals surface area contributed by atoms with Crippen LogP contribution in [0.2, 0.25) is 0 Å². The highest BCUT2D eigenvalue weighted by molar-refractivity contribution is 5.85. The van der Waals surface area contributed by atoms with Gasteiger partial charge in [-0.2, -0.15) is 0 Å². The Morgan fingerprint density at radius 2 is 1.94 bits per heavy atom. The number of hydrogen-bond acceptors (Lipinski definition) is 2. The Balaban J connectivity index is 0.00000225. The molecule has 0 aliphatic carbocycles. The second-order valence-electron chi connectivity index (χ2n) is 3.66. The second-order valence-corrected chi connectivity index (χ2v) is 3.66. The van der Waals surface area contributed by atoms with E-state index in [0.717, 1.165) is 5.56 Å². The van der Waals surface area contributed by atoms with E-state index in [1.54, 1.807) is 0 Å². The molecule has 0 saturated carbocycles. The molecule has 0 spiro atoms. The van der Waals surface area contributed by atoms with Gasteiger partial charge in [-0.3, -0.25) is 4.79 Å². The first-order valence-corrected chi connectivity index (χ1v) is 5.26. The molecule has 0 heterocycles. The molecule has 3 nitrogen and oxygen atoms in total. The third-order valence-electron chi connectivity index (χ3n) is 2.43. The monoisotopic (exact) mass is 242 g/mol. The molecule has 0 fully saturated rings. The highest BCUT2D eigenvalue weighted by Crippen LogP contribution is 2.11. The van der Waals surface area contributed by atoms with Crippen LogP contribution in [0.1, 0.15) is 31.9 Å². The highest BCUT2D eigenvalue weighted by atomic mass is 35.5. The second kappa shape index (κ2) is 7.25. The summed E-state index contributed by atoms with van der Waals surface area (Å²) >= 11 is 0. The van der Waals surface area contributed by atoms with Crippen LogP contribution in [0.3, 0.4) is 0 Å². The van der Waals surface area contributed by atoms with Crippen LogP contribution in [0, 0.1) is 0 Å².